The number of nitrogens with zero attached hydrogens (tertiary/aromatic N) is 1. The fourth-order valence-corrected chi connectivity index (χ4v) is 10.4. The number of esters is 1. The monoisotopic (exact) mass is 1190 g/mol. The molecule has 6 N–H and O–H groups in total. The van der Waals surface area contributed by atoms with E-state index in [9.17, 15) is 15.0 Å². The summed E-state index contributed by atoms with van der Waals surface area (Å²) in [7, 11) is -1.50. The van der Waals surface area contributed by atoms with Crippen molar-refractivity contribution >= 4 is 32.2 Å². The highest BCUT2D eigenvalue weighted by molar-refractivity contribution is 7.41. The topological polar surface area (TPSA) is 272 Å². The largest absolute Gasteiger partial charge is 0.429 e. The molecule has 0 aromatic carbocycles. The first kappa shape index (κ1) is 78.1. The van der Waals surface area contributed by atoms with Crippen molar-refractivity contribution in [3.63, 3.8) is 0 Å². The predicted molar refractivity (Wildman–Crippen MR) is 310 cm³/mol. The molecular formula is C55H110N3O18P3. The van der Waals surface area contributed by atoms with Crippen molar-refractivity contribution in [1.29, 1.82) is 5.26 Å². The van der Waals surface area contributed by atoms with Gasteiger partial charge in [-0.05, 0) is 76.0 Å². The zero-order chi connectivity index (χ0) is 58.6. The van der Waals surface area contributed by atoms with Gasteiger partial charge in [-0.15, -0.1) is 0 Å². The SMILES string of the molecule is CCCOP(OCCCCCCO[C@H](O)C(N)=C(OC(C)=O)[C@@H](C)CCC)OCCCOCC(COC)(COCCCOPOCCC#N)COCCCOP(OCCC)OCCCCCCO[C@H](O)C(N)C(C)[C@@H](C)CCC. The molecule has 0 amide bonds. The average Bonchev–Trinajstić information content (AvgIpc) is 3.43. The Morgan fingerprint density at radius 3 is 1.52 bits per heavy atom. The Kier molecular flexibility index (Phi) is 54.4. The van der Waals surface area contributed by atoms with Crippen molar-refractivity contribution < 1.29 is 84.4 Å². The van der Waals surface area contributed by atoms with Crippen LogP contribution in [0.4, 0.5) is 0 Å². The molecule has 24 heteroatoms. The van der Waals surface area contributed by atoms with Gasteiger partial charge in [-0.25, -0.2) is 0 Å². The summed E-state index contributed by atoms with van der Waals surface area (Å²) in [6, 6.07) is 1.64. The van der Waals surface area contributed by atoms with Gasteiger partial charge in [0.25, 0.3) is 0 Å². The molecule has 21 nitrogen and oxygen atoms in total. The van der Waals surface area contributed by atoms with Gasteiger partial charge in [0.15, 0.2) is 21.6 Å². The van der Waals surface area contributed by atoms with Crippen LogP contribution >= 0.6 is 26.2 Å². The zero-order valence-corrected chi connectivity index (χ0v) is 52.9. The number of aliphatic hydroxyl groups is 2. The highest BCUT2D eigenvalue weighted by atomic mass is 31.2. The summed E-state index contributed by atoms with van der Waals surface area (Å²) in [6.45, 7) is 22.8. The summed E-state index contributed by atoms with van der Waals surface area (Å²) in [5.74, 6) is 0.261. The van der Waals surface area contributed by atoms with Crippen LogP contribution in [0.2, 0.25) is 0 Å². The summed E-state index contributed by atoms with van der Waals surface area (Å²) in [4.78, 5) is 11.6. The molecule has 0 aliphatic rings. The lowest BCUT2D eigenvalue weighted by Gasteiger charge is -2.32. The first-order valence-electron chi connectivity index (χ1n) is 29.2. The molecule has 468 valence electrons. The maximum Gasteiger partial charge on any atom is 0.332 e. The maximum absolute atomic E-state index is 11.6. The molecule has 0 fully saturated rings. The van der Waals surface area contributed by atoms with E-state index >= 15 is 0 Å². The van der Waals surface area contributed by atoms with E-state index in [1.165, 1.54) is 6.92 Å². The van der Waals surface area contributed by atoms with Crippen molar-refractivity contribution in [2.45, 2.75) is 190 Å². The maximum atomic E-state index is 11.6. The summed E-state index contributed by atoms with van der Waals surface area (Å²) in [5, 5.41) is 29.7. The molecule has 0 saturated heterocycles. The second-order valence-corrected chi connectivity index (χ2v) is 23.1. The van der Waals surface area contributed by atoms with Crippen molar-refractivity contribution in [3.8, 4) is 6.07 Å². The third-order valence-electron chi connectivity index (χ3n) is 12.3. The molecule has 0 radical (unpaired) electrons. The van der Waals surface area contributed by atoms with Crippen LogP contribution in [0.15, 0.2) is 11.5 Å². The van der Waals surface area contributed by atoms with Crippen LogP contribution in [0.25, 0.3) is 0 Å². The number of methoxy groups -OCH3 is 1. The second-order valence-electron chi connectivity index (χ2n) is 19.9. The van der Waals surface area contributed by atoms with Crippen LogP contribution in [0, 0.1) is 34.5 Å². The Morgan fingerprint density at radius 1 is 0.595 bits per heavy atom. The number of hydrogen-bond donors (Lipinski definition) is 4. The van der Waals surface area contributed by atoms with Crippen molar-refractivity contribution in [3.05, 3.63) is 11.5 Å². The van der Waals surface area contributed by atoms with Gasteiger partial charge in [-0.1, -0.05) is 93.4 Å². The Labute approximate surface area is 481 Å². The molecule has 0 rings (SSSR count). The van der Waals surface area contributed by atoms with Gasteiger partial charge in [0.1, 0.15) is 11.5 Å². The van der Waals surface area contributed by atoms with Crippen molar-refractivity contribution in [2.24, 2.45) is 34.6 Å². The molecule has 6 unspecified atom stereocenters. The first-order valence-corrected chi connectivity index (χ1v) is 32.2. The lowest BCUT2D eigenvalue weighted by Crippen LogP contribution is -2.44. The zero-order valence-electron chi connectivity index (χ0n) is 50.1. The van der Waals surface area contributed by atoms with Crippen LogP contribution in [0.5, 0.6) is 0 Å². The van der Waals surface area contributed by atoms with E-state index in [1.54, 1.807) is 7.11 Å². The number of nitrogens with two attached hydrogens (primary N) is 2. The van der Waals surface area contributed by atoms with Gasteiger partial charge in [0.2, 0.25) is 0 Å². The summed E-state index contributed by atoms with van der Waals surface area (Å²) in [5.41, 5.74) is 11.9. The number of ether oxygens (including phenoxy) is 7. The van der Waals surface area contributed by atoms with Gasteiger partial charge in [0.05, 0.1) is 110 Å². The number of hydrogen-bond acceptors (Lipinski definition) is 21. The highest BCUT2D eigenvalue weighted by Crippen LogP contribution is 2.41. The number of carbonyl (C=O) groups excluding carboxylic acids is 1. The van der Waals surface area contributed by atoms with Crippen molar-refractivity contribution in [2.75, 3.05) is 119 Å². The molecule has 0 aliphatic carbocycles. The Balaban J connectivity index is 5.01. The van der Waals surface area contributed by atoms with E-state index in [4.69, 9.17) is 86.1 Å². The average molecular weight is 1190 g/mol. The fourth-order valence-electron chi connectivity index (χ4n) is 7.67. The summed E-state index contributed by atoms with van der Waals surface area (Å²) < 4.78 is 87.7. The Morgan fingerprint density at radius 2 is 1.05 bits per heavy atom. The minimum Gasteiger partial charge on any atom is -0.429 e. The summed E-state index contributed by atoms with van der Waals surface area (Å²) in [6.07, 6.45) is 12.2. The van der Waals surface area contributed by atoms with Gasteiger partial charge >= 0.3 is 23.2 Å². The molecular weight excluding hydrogens is 1080 g/mol. The molecule has 0 aromatic rings. The number of unbranched alkanes of at least 4 members (excludes halogenated alkanes) is 6. The lowest BCUT2D eigenvalue weighted by molar-refractivity contribution is -0.138. The number of rotatable bonds is 60. The van der Waals surface area contributed by atoms with E-state index in [2.05, 4.69) is 20.8 Å². The fraction of sp³-hybridized carbons (Fsp3) is 0.927. The molecule has 0 saturated carbocycles. The van der Waals surface area contributed by atoms with Crippen LogP contribution < -0.4 is 11.5 Å². The number of allylic oxidation sites excluding steroid dienone is 1. The standard InChI is InChI=1S/C55H110N3O18P3/c1-10-26-46(5)48(7)50(57)53(60)66-34-18-14-16-20-38-72-78(70-29-12-3)74-40-24-32-64-44-55(42-62-9,43-63-31-23-37-69-77-68-36-22-28-56)45-65-33-25-41-75-79(71-30-13-4)73-39-21-17-15-19-35-67-54(61)51(58)52(76-49(8)59)47(6)27-11-2/h46-48,50,53-54,60-61,77H,10-27,29-45,57-58H2,1-9H3/t46-,47-,48?,50?,53-,54-,55?,78?,79?/m0/s1. The van der Waals surface area contributed by atoms with Crippen LogP contribution in [-0.4, -0.2) is 154 Å². The Bertz CT molecular complexity index is 1470. The minimum absolute atomic E-state index is 0.0289. The van der Waals surface area contributed by atoms with E-state index in [1.807, 2.05) is 33.8 Å². The van der Waals surface area contributed by atoms with E-state index in [-0.39, 0.29) is 32.3 Å². The molecule has 0 spiro atoms. The van der Waals surface area contributed by atoms with Crippen molar-refractivity contribution in [1.82, 2.24) is 0 Å². The number of carbonyl (C=O) groups is 1. The molecule has 0 aromatic heterocycles. The highest BCUT2D eigenvalue weighted by Gasteiger charge is 2.32. The van der Waals surface area contributed by atoms with Crippen LogP contribution in [-0.2, 0) is 74.1 Å². The predicted octanol–water partition coefficient (Wildman–Crippen LogP) is 11.0. The molecule has 0 bridgehead atoms. The third-order valence-corrected chi connectivity index (χ3v) is 15.3. The normalized spacial score (nSPS) is 16.2. The quantitative estimate of drug-likeness (QED) is 0.0145. The Hall–Kier alpha value is -0.890. The first-order chi connectivity index (χ1) is 38.3. The van der Waals surface area contributed by atoms with E-state index in [0.29, 0.717) is 150 Å². The third kappa shape index (κ3) is 43.4. The lowest BCUT2D eigenvalue weighted by atomic mass is 9.86. The molecule has 0 heterocycles. The van der Waals surface area contributed by atoms with E-state index < -0.39 is 47.2 Å². The second kappa shape index (κ2) is 55.0. The number of nitriles is 1. The van der Waals surface area contributed by atoms with E-state index in [0.717, 1.165) is 83.5 Å². The molecule has 10 atom stereocenters. The van der Waals surface area contributed by atoms with Gasteiger partial charge in [-0.3, -0.25) is 4.79 Å². The summed E-state index contributed by atoms with van der Waals surface area (Å²) >= 11 is 0. The minimum atomic E-state index is -1.53. The smallest absolute Gasteiger partial charge is 0.332 e. The number of aliphatic hydroxyl groups excluding tert-OH is 2. The van der Waals surface area contributed by atoms with Gasteiger partial charge in [0, 0.05) is 46.4 Å². The van der Waals surface area contributed by atoms with Gasteiger partial charge < -0.3 is 91.0 Å². The van der Waals surface area contributed by atoms with Crippen LogP contribution in [0.3, 0.4) is 0 Å². The van der Waals surface area contributed by atoms with Crippen LogP contribution in [0.1, 0.15) is 171 Å². The molecule has 79 heavy (non-hydrogen) atoms. The molecule has 0 aliphatic heterocycles. The van der Waals surface area contributed by atoms with Gasteiger partial charge in [-0.2, -0.15) is 5.26 Å².